The Kier molecular flexibility index (Phi) is 21.8. The lowest BCUT2D eigenvalue weighted by molar-refractivity contribution is -0.0554. The van der Waals surface area contributed by atoms with E-state index in [4.69, 9.17) is 9.47 Å². The Morgan fingerprint density at radius 2 is 1.04 bits per heavy atom. The van der Waals surface area contributed by atoms with Crippen LogP contribution in [0.1, 0.15) is 97.3 Å². The Labute approximate surface area is 151 Å². The third kappa shape index (κ3) is 21.4. The van der Waals surface area contributed by atoms with Crippen molar-refractivity contribution in [2.75, 3.05) is 20.0 Å². The number of hydrogen-bond donors (Lipinski definition) is 0. The SMILES string of the molecule is CCCCC=CC=CCCCCOCOCCCCCCCCC. The molecule has 0 rings (SSSR count). The maximum atomic E-state index is 5.51. The molecule has 0 amide bonds. The van der Waals surface area contributed by atoms with Crippen LogP contribution < -0.4 is 0 Å². The molecule has 0 bridgehead atoms. The van der Waals surface area contributed by atoms with Crippen LogP contribution in [0.25, 0.3) is 0 Å². The van der Waals surface area contributed by atoms with Gasteiger partial charge >= 0.3 is 0 Å². The van der Waals surface area contributed by atoms with E-state index in [1.807, 2.05) is 0 Å². The van der Waals surface area contributed by atoms with Gasteiger partial charge in [-0.25, -0.2) is 0 Å². The number of hydrogen-bond acceptors (Lipinski definition) is 2. The van der Waals surface area contributed by atoms with Gasteiger partial charge in [0, 0.05) is 13.2 Å². The predicted molar refractivity (Wildman–Crippen MR) is 106 cm³/mol. The molecule has 0 saturated heterocycles. The van der Waals surface area contributed by atoms with E-state index in [9.17, 15) is 0 Å². The second-order valence-corrected chi connectivity index (χ2v) is 6.55. The second kappa shape index (κ2) is 22.4. The van der Waals surface area contributed by atoms with Gasteiger partial charge in [0.2, 0.25) is 0 Å². The van der Waals surface area contributed by atoms with Gasteiger partial charge in [0.05, 0.1) is 0 Å². The minimum Gasteiger partial charge on any atom is -0.355 e. The van der Waals surface area contributed by atoms with Gasteiger partial charge < -0.3 is 9.47 Å². The molecular formula is C22H42O2. The maximum absolute atomic E-state index is 5.51. The average molecular weight is 339 g/mol. The first-order valence-corrected chi connectivity index (χ1v) is 10.4. The molecule has 0 atom stereocenters. The Morgan fingerprint density at radius 3 is 1.67 bits per heavy atom. The summed E-state index contributed by atoms with van der Waals surface area (Å²) in [5, 5.41) is 0. The van der Waals surface area contributed by atoms with Gasteiger partial charge in [0.15, 0.2) is 0 Å². The first-order valence-electron chi connectivity index (χ1n) is 10.4. The second-order valence-electron chi connectivity index (χ2n) is 6.55. The summed E-state index contributed by atoms with van der Waals surface area (Å²) in [6.07, 6.45) is 25.4. The molecule has 0 heterocycles. The van der Waals surface area contributed by atoms with Gasteiger partial charge in [-0.3, -0.25) is 0 Å². The Balaban J connectivity index is 3.07. The van der Waals surface area contributed by atoms with E-state index in [1.54, 1.807) is 0 Å². The summed E-state index contributed by atoms with van der Waals surface area (Å²) in [4.78, 5) is 0. The van der Waals surface area contributed by atoms with Crippen molar-refractivity contribution < 1.29 is 9.47 Å². The molecule has 24 heavy (non-hydrogen) atoms. The fraction of sp³-hybridized carbons (Fsp3) is 0.818. The monoisotopic (exact) mass is 338 g/mol. The number of unbranched alkanes of at least 4 members (excludes halogenated alkanes) is 10. The van der Waals surface area contributed by atoms with Crippen LogP contribution in [0.5, 0.6) is 0 Å². The smallest absolute Gasteiger partial charge is 0.146 e. The van der Waals surface area contributed by atoms with Crippen LogP contribution in [0.3, 0.4) is 0 Å². The van der Waals surface area contributed by atoms with Crippen LogP contribution in [-0.2, 0) is 9.47 Å². The number of ether oxygens (including phenoxy) is 2. The molecular weight excluding hydrogens is 296 g/mol. The molecule has 0 radical (unpaired) electrons. The molecule has 0 aromatic rings. The van der Waals surface area contributed by atoms with Gasteiger partial charge in [-0.2, -0.15) is 0 Å². The van der Waals surface area contributed by atoms with Gasteiger partial charge in [0.1, 0.15) is 6.79 Å². The molecule has 2 heteroatoms. The standard InChI is InChI=1S/C22H42O2/c1-3-5-7-9-11-12-13-15-17-19-21-24-22-23-20-18-16-14-10-8-6-4-2/h9,11-13H,3-8,10,14-22H2,1-2H3. The zero-order valence-corrected chi connectivity index (χ0v) is 16.4. The molecule has 0 aliphatic carbocycles. The number of rotatable bonds is 19. The summed E-state index contributed by atoms with van der Waals surface area (Å²) in [6.45, 7) is 6.62. The lowest BCUT2D eigenvalue weighted by Crippen LogP contribution is -2.02. The highest BCUT2D eigenvalue weighted by molar-refractivity contribution is 5.02. The summed E-state index contributed by atoms with van der Waals surface area (Å²) < 4.78 is 11.0. The Morgan fingerprint density at radius 1 is 0.542 bits per heavy atom. The molecule has 0 aliphatic heterocycles. The first kappa shape index (κ1) is 23.4. The Hall–Kier alpha value is -0.600. The normalized spacial score (nSPS) is 11.9. The summed E-state index contributed by atoms with van der Waals surface area (Å²) in [5.74, 6) is 0. The zero-order valence-electron chi connectivity index (χ0n) is 16.4. The van der Waals surface area contributed by atoms with Crippen LogP contribution >= 0.6 is 0 Å². The van der Waals surface area contributed by atoms with Gasteiger partial charge in [-0.05, 0) is 32.1 Å². The van der Waals surface area contributed by atoms with E-state index in [0.717, 1.165) is 26.1 Å². The minimum atomic E-state index is 0.464. The van der Waals surface area contributed by atoms with Crippen molar-refractivity contribution in [2.24, 2.45) is 0 Å². The fourth-order valence-corrected chi connectivity index (χ4v) is 2.48. The molecule has 0 aromatic carbocycles. The third-order valence-electron chi connectivity index (χ3n) is 4.08. The summed E-state index contributed by atoms with van der Waals surface area (Å²) in [5.41, 5.74) is 0. The van der Waals surface area contributed by atoms with Crippen molar-refractivity contribution in [3.05, 3.63) is 24.3 Å². The zero-order chi connectivity index (χ0) is 17.6. The van der Waals surface area contributed by atoms with Crippen LogP contribution in [0.2, 0.25) is 0 Å². The lowest BCUT2D eigenvalue weighted by atomic mass is 10.1. The molecule has 2 nitrogen and oxygen atoms in total. The quantitative estimate of drug-likeness (QED) is 0.141. The first-order chi connectivity index (χ1) is 11.9. The van der Waals surface area contributed by atoms with E-state index < -0.39 is 0 Å². The topological polar surface area (TPSA) is 18.5 Å². The van der Waals surface area contributed by atoms with Crippen LogP contribution in [-0.4, -0.2) is 20.0 Å². The van der Waals surface area contributed by atoms with E-state index in [-0.39, 0.29) is 0 Å². The molecule has 0 N–H and O–H groups in total. The van der Waals surface area contributed by atoms with Crippen molar-refractivity contribution in [1.82, 2.24) is 0 Å². The van der Waals surface area contributed by atoms with Gasteiger partial charge in [0.25, 0.3) is 0 Å². The van der Waals surface area contributed by atoms with Crippen molar-refractivity contribution in [2.45, 2.75) is 97.3 Å². The molecule has 0 spiro atoms. The summed E-state index contributed by atoms with van der Waals surface area (Å²) in [6, 6.07) is 0. The molecule has 0 aromatic heterocycles. The minimum absolute atomic E-state index is 0.464. The predicted octanol–water partition coefficient (Wildman–Crippen LogP) is 7.20. The summed E-state index contributed by atoms with van der Waals surface area (Å²) >= 11 is 0. The lowest BCUT2D eigenvalue weighted by Gasteiger charge is -2.05. The van der Waals surface area contributed by atoms with Crippen LogP contribution in [0.15, 0.2) is 24.3 Å². The van der Waals surface area contributed by atoms with Crippen molar-refractivity contribution in [3.8, 4) is 0 Å². The largest absolute Gasteiger partial charge is 0.355 e. The average Bonchev–Trinajstić information content (AvgIpc) is 2.60. The fourth-order valence-electron chi connectivity index (χ4n) is 2.48. The summed E-state index contributed by atoms with van der Waals surface area (Å²) in [7, 11) is 0. The van der Waals surface area contributed by atoms with Gasteiger partial charge in [-0.15, -0.1) is 0 Å². The van der Waals surface area contributed by atoms with Crippen molar-refractivity contribution in [1.29, 1.82) is 0 Å². The molecule has 142 valence electrons. The van der Waals surface area contributed by atoms with Crippen LogP contribution in [0, 0.1) is 0 Å². The van der Waals surface area contributed by atoms with E-state index in [0.29, 0.717) is 6.79 Å². The Bertz CT molecular complexity index is 271. The van der Waals surface area contributed by atoms with Crippen molar-refractivity contribution in [3.63, 3.8) is 0 Å². The molecule has 0 fully saturated rings. The molecule has 0 saturated carbocycles. The van der Waals surface area contributed by atoms with Crippen LogP contribution in [0.4, 0.5) is 0 Å². The molecule has 0 aliphatic rings. The van der Waals surface area contributed by atoms with E-state index in [1.165, 1.54) is 70.6 Å². The highest BCUT2D eigenvalue weighted by Gasteiger charge is 1.92. The van der Waals surface area contributed by atoms with E-state index in [2.05, 4.69) is 38.2 Å². The van der Waals surface area contributed by atoms with Crippen molar-refractivity contribution >= 4 is 0 Å². The van der Waals surface area contributed by atoms with Gasteiger partial charge in [-0.1, -0.05) is 89.5 Å². The highest BCUT2D eigenvalue weighted by atomic mass is 16.7. The maximum Gasteiger partial charge on any atom is 0.146 e. The molecule has 0 unspecified atom stereocenters. The third-order valence-corrected chi connectivity index (χ3v) is 4.08. The number of allylic oxidation sites excluding steroid dienone is 4. The van der Waals surface area contributed by atoms with E-state index >= 15 is 0 Å². The highest BCUT2D eigenvalue weighted by Crippen LogP contribution is 2.06.